The van der Waals surface area contributed by atoms with E-state index in [0.717, 1.165) is 10.4 Å². The van der Waals surface area contributed by atoms with Crippen LogP contribution in [0.5, 0.6) is 5.75 Å². The van der Waals surface area contributed by atoms with E-state index in [9.17, 15) is 28.4 Å². The second kappa shape index (κ2) is 7.74. The van der Waals surface area contributed by atoms with Gasteiger partial charge in [-0.05, 0) is 24.3 Å². The lowest BCUT2D eigenvalue weighted by molar-refractivity contribution is -0.387. The Kier molecular flexibility index (Phi) is 5.54. The summed E-state index contributed by atoms with van der Waals surface area (Å²) in [4.78, 5) is 24.0. The zero-order chi connectivity index (χ0) is 20.5. The van der Waals surface area contributed by atoms with Crippen LogP contribution in [-0.4, -0.2) is 59.7 Å². The summed E-state index contributed by atoms with van der Waals surface area (Å²) in [6.45, 7) is 0.0954. The van der Waals surface area contributed by atoms with E-state index >= 15 is 0 Å². The number of halogens is 1. The number of rotatable bonds is 4. The van der Waals surface area contributed by atoms with Crippen LogP contribution in [0, 0.1) is 10.1 Å². The zero-order valence-corrected chi connectivity index (χ0v) is 16.1. The number of nitro benzene ring substituents is 1. The molecule has 1 fully saturated rings. The quantitative estimate of drug-likeness (QED) is 0.591. The Morgan fingerprint density at radius 2 is 1.75 bits per heavy atom. The number of nitrogens with zero attached hydrogens (tertiary/aromatic N) is 3. The smallest absolute Gasteiger partial charge is 0.289 e. The molecule has 1 saturated heterocycles. The molecule has 0 saturated carbocycles. The molecule has 0 aliphatic carbocycles. The average Bonchev–Trinajstić information content (AvgIpc) is 2.69. The van der Waals surface area contributed by atoms with E-state index in [4.69, 9.17) is 11.6 Å². The summed E-state index contributed by atoms with van der Waals surface area (Å²) < 4.78 is 26.7. The van der Waals surface area contributed by atoms with Crippen LogP contribution in [0.3, 0.4) is 0 Å². The Morgan fingerprint density at radius 3 is 2.39 bits per heavy atom. The molecule has 1 aliphatic heterocycles. The minimum atomic E-state index is -4.08. The topological polar surface area (TPSA) is 121 Å². The summed E-state index contributed by atoms with van der Waals surface area (Å²) in [5, 5.41) is 21.3. The van der Waals surface area contributed by atoms with Crippen molar-refractivity contribution in [1.29, 1.82) is 0 Å². The van der Waals surface area contributed by atoms with E-state index in [0.29, 0.717) is 5.02 Å². The molecule has 3 rings (SSSR count). The maximum atomic E-state index is 12.8. The van der Waals surface area contributed by atoms with Gasteiger partial charge in [0.1, 0.15) is 5.75 Å². The van der Waals surface area contributed by atoms with Crippen LogP contribution in [0.4, 0.5) is 5.69 Å². The Morgan fingerprint density at radius 1 is 1.11 bits per heavy atom. The van der Waals surface area contributed by atoms with E-state index in [2.05, 4.69) is 0 Å². The number of sulfonamides is 1. The van der Waals surface area contributed by atoms with Gasteiger partial charge in [0.25, 0.3) is 11.6 Å². The van der Waals surface area contributed by atoms with Gasteiger partial charge in [0.2, 0.25) is 10.0 Å². The molecule has 0 spiro atoms. The average molecular weight is 426 g/mol. The van der Waals surface area contributed by atoms with Crippen molar-refractivity contribution < 1.29 is 23.2 Å². The summed E-state index contributed by atoms with van der Waals surface area (Å²) in [7, 11) is -4.08. The van der Waals surface area contributed by atoms with Crippen LogP contribution < -0.4 is 0 Å². The van der Waals surface area contributed by atoms with Crippen LogP contribution in [0.15, 0.2) is 47.4 Å². The fourth-order valence-corrected chi connectivity index (χ4v) is 4.70. The molecule has 148 valence electrons. The maximum absolute atomic E-state index is 12.8. The number of aromatic hydroxyl groups is 1. The second-order valence-electron chi connectivity index (χ2n) is 6.08. The number of phenolic OH excluding ortho intramolecular Hbond substituents is 1. The molecule has 0 unspecified atom stereocenters. The van der Waals surface area contributed by atoms with Crippen LogP contribution in [-0.2, 0) is 10.0 Å². The number of hydrogen-bond donors (Lipinski definition) is 1. The van der Waals surface area contributed by atoms with E-state index < -0.39 is 26.5 Å². The van der Waals surface area contributed by atoms with Crippen molar-refractivity contribution >= 4 is 33.2 Å². The normalized spacial score (nSPS) is 15.4. The number of carbonyl (C=O) groups excluding carboxylic acids is 1. The number of hydrogen-bond acceptors (Lipinski definition) is 6. The van der Waals surface area contributed by atoms with Crippen LogP contribution in [0.1, 0.15) is 10.4 Å². The fraction of sp³-hybridized carbons (Fsp3) is 0.235. The van der Waals surface area contributed by atoms with Crippen LogP contribution in [0.2, 0.25) is 5.02 Å². The fourth-order valence-electron chi connectivity index (χ4n) is 2.95. The van der Waals surface area contributed by atoms with Gasteiger partial charge in [0.15, 0.2) is 4.90 Å². The highest BCUT2D eigenvalue weighted by Gasteiger charge is 2.34. The van der Waals surface area contributed by atoms with E-state index in [1.807, 2.05) is 0 Å². The second-order valence-corrected chi connectivity index (χ2v) is 8.43. The van der Waals surface area contributed by atoms with Crippen molar-refractivity contribution in [1.82, 2.24) is 9.21 Å². The van der Waals surface area contributed by atoms with Gasteiger partial charge in [-0.3, -0.25) is 14.9 Å². The number of carbonyl (C=O) groups is 1. The number of nitro groups is 1. The SMILES string of the molecule is O=C(c1cc(Cl)ccc1O)N1CCN(S(=O)(=O)c2ccccc2[N+](=O)[O-])CC1. The number of para-hydroxylation sites is 1. The molecule has 2 aromatic carbocycles. The third kappa shape index (κ3) is 3.79. The molecule has 9 nitrogen and oxygen atoms in total. The van der Waals surface area contributed by atoms with Crippen molar-refractivity contribution in [2.45, 2.75) is 4.90 Å². The third-order valence-electron chi connectivity index (χ3n) is 4.39. The first kappa shape index (κ1) is 20.1. The van der Waals surface area contributed by atoms with E-state index in [-0.39, 0.29) is 42.4 Å². The Bertz CT molecular complexity index is 1030. The van der Waals surface area contributed by atoms with Gasteiger partial charge in [-0.1, -0.05) is 23.7 Å². The van der Waals surface area contributed by atoms with Crippen molar-refractivity contribution in [2.24, 2.45) is 0 Å². The predicted octanol–water partition coefficient (Wildman–Crippen LogP) is 2.10. The molecular formula is C17H16ClN3O6S. The van der Waals surface area contributed by atoms with E-state index in [1.54, 1.807) is 0 Å². The first-order chi connectivity index (χ1) is 13.2. The van der Waals surface area contributed by atoms with Gasteiger partial charge in [-0.2, -0.15) is 4.31 Å². The Balaban J connectivity index is 1.77. The Hall–Kier alpha value is -2.69. The first-order valence-electron chi connectivity index (χ1n) is 8.23. The third-order valence-corrected chi connectivity index (χ3v) is 6.58. The number of phenols is 1. The van der Waals surface area contributed by atoms with Gasteiger partial charge in [0, 0.05) is 37.3 Å². The molecule has 0 radical (unpaired) electrons. The molecule has 1 heterocycles. The summed E-state index contributed by atoms with van der Waals surface area (Å²) in [6, 6.07) is 9.24. The predicted molar refractivity (Wildman–Crippen MR) is 101 cm³/mol. The minimum absolute atomic E-state index is 0.0263. The molecule has 1 aliphatic rings. The highest BCUT2D eigenvalue weighted by atomic mass is 35.5. The molecule has 1 N–H and O–H groups in total. The number of piperazine rings is 1. The van der Waals surface area contributed by atoms with Crippen LogP contribution in [0.25, 0.3) is 0 Å². The largest absolute Gasteiger partial charge is 0.507 e. The molecular weight excluding hydrogens is 410 g/mol. The van der Waals surface area contributed by atoms with Crippen molar-refractivity contribution in [2.75, 3.05) is 26.2 Å². The van der Waals surface area contributed by atoms with Crippen molar-refractivity contribution in [3.63, 3.8) is 0 Å². The summed E-state index contributed by atoms with van der Waals surface area (Å²) in [6.07, 6.45) is 0. The van der Waals surface area contributed by atoms with Crippen molar-refractivity contribution in [3.05, 3.63) is 63.2 Å². The molecule has 2 aromatic rings. The molecule has 0 bridgehead atoms. The van der Waals surface area contributed by atoms with Gasteiger partial charge in [-0.25, -0.2) is 8.42 Å². The van der Waals surface area contributed by atoms with Gasteiger partial charge >= 0.3 is 0 Å². The zero-order valence-electron chi connectivity index (χ0n) is 14.5. The summed E-state index contributed by atoms with van der Waals surface area (Å²) >= 11 is 5.87. The summed E-state index contributed by atoms with van der Waals surface area (Å²) in [5.41, 5.74) is -0.465. The highest BCUT2D eigenvalue weighted by Crippen LogP contribution is 2.28. The lowest BCUT2D eigenvalue weighted by Crippen LogP contribution is -2.50. The maximum Gasteiger partial charge on any atom is 0.289 e. The van der Waals surface area contributed by atoms with E-state index in [1.165, 1.54) is 41.3 Å². The standard InChI is InChI=1S/C17H16ClN3O6S/c18-12-5-6-15(22)13(11-12)17(23)19-7-9-20(10-8-19)28(26,27)16-4-2-1-3-14(16)21(24)25/h1-6,11,22H,7-10H2. The van der Waals surface area contributed by atoms with Crippen LogP contribution >= 0.6 is 11.6 Å². The Labute approximate surface area is 165 Å². The number of amides is 1. The lowest BCUT2D eigenvalue weighted by Gasteiger charge is -2.34. The molecule has 11 heteroatoms. The minimum Gasteiger partial charge on any atom is -0.507 e. The molecule has 28 heavy (non-hydrogen) atoms. The van der Waals surface area contributed by atoms with Gasteiger partial charge in [-0.15, -0.1) is 0 Å². The van der Waals surface area contributed by atoms with Gasteiger partial charge in [0.05, 0.1) is 10.5 Å². The summed E-state index contributed by atoms with van der Waals surface area (Å²) in [5.74, 6) is -0.688. The first-order valence-corrected chi connectivity index (χ1v) is 10.0. The molecule has 0 aromatic heterocycles. The van der Waals surface area contributed by atoms with Gasteiger partial charge < -0.3 is 10.0 Å². The lowest BCUT2D eigenvalue weighted by atomic mass is 10.1. The number of benzene rings is 2. The molecule has 0 atom stereocenters. The molecule has 1 amide bonds. The highest BCUT2D eigenvalue weighted by molar-refractivity contribution is 7.89. The monoisotopic (exact) mass is 425 g/mol. The van der Waals surface area contributed by atoms with Crippen molar-refractivity contribution in [3.8, 4) is 5.75 Å².